The fourth-order valence-corrected chi connectivity index (χ4v) is 3.42. The van der Waals surface area contributed by atoms with Gasteiger partial charge in [-0.3, -0.25) is 0 Å². The van der Waals surface area contributed by atoms with E-state index >= 15 is 0 Å². The molecule has 5 nitrogen and oxygen atoms in total. The highest BCUT2D eigenvalue weighted by molar-refractivity contribution is 7.93. The zero-order chi connectivity index (χ0) is 18.8. The molecule has 0 radical (unpaired) electrons. The minimum atomic E-state index is -4.69. The minimum Gasteiger partial charge on any atom is -0.329 e. The third-order valence-corrected chi connectivity index (χ3v) is 5.30. The van der Waals surface area contributed by atoms with Gasteiger partial charge >= 0.3 is 12.1 Å². The minimum absolute atomic E-state index is 0.141. The van der Waals surface area contributed by atoms with E-state index in [1.165, 1.54) is 0 Å². The largest absolute Gasteiger partial charge is 0.471 e. The summed E-state index contributed by atoms with van der Waals surface area (Å²) in [7, 11) is -2.57. The summed E-state index contributed by atoms with van der Waals surface area (Å²) in [4.78, 5) is 3.97. The molecule has 0 N–H and O–H groups in total. The molecule has 0 amide bonds. The molecule has 1 aromatic heterocycles. The molecule has 9 heteroatoms. The molecular formula is C17H14F3N3O2S. The molecule has 0 saturated carbocycles. The second-order valence-electron chi connectivity index (χ2n) is 5.52. The normalized spacial score (nSPS) is 14.0. The molecule has 1 atom stereocenters. The maximum absolute atomic E-state index is 12.7. The zero-order valence-corrected chi connectivity index (χ0v) is 14.4. The summed E-state index contributed by atoms with van der Waals surface area (Å²) in [5, 5.41) is 3.36. The monoisotopic (exact) mass is 381 g/mol. The fraction of sp³-hybridized carbons (Fsp3) is 0.176. The van der Waals surface area contributed by atoms with Crippen LogP contribution >= 0.6 is 0 Å². The summed E-state index contributed by atoms with van der Waals surface area (Å²) in [6.45, 7) is 0.141. The number of hydrogen-bond acceptors (Lipinski definition) is 5. The van der Waals surface area contributed by atoms with Crippen molar-refractivity contribution in [2.45, 2.75) is 17.6 Å². The molecule has 0 fully saturated rings. The Morgan fingerprint density at radius 3 is 2.50 bits per heavy atom. The molecule has 0 spiro atoms. The van der Waals surface area contributed by atoms with Crippen LogP contribution in [-0.2, 0) is 22.5 Å². The predicted octanol–water partition coefficient (Wildman–Crippen LogP) is 4.41. The Morgan fingerprint density at radius 2 is 1.85 bits per heavy atom. The van der Waals surface area contributed by atoms with Crippen molar-refractivity contribution in [2.24, 2.45) is 4.36 Å². The van der Waals surface area contributed by atoms with E-state index in [1.54, 1.807) is 54.8 Å². The van der Waals surface area contributed by atoms with Crippen molar-refractivity contribution in [2.75, 3.05) is 6.26 Å². The maximum atomic E-state index is 12.7. The SMILES string of the molecule is CS(=O)(=NCc1cccc(-c2noc(C(F)(F)F)n2)c1)c1ccccc1. The van der Waals surface area contributed by atoms with Crippen molar-refractivity contribution in [3.63, 3.8) is 0 Å². The first-order valence-electron chi connectivity index (χ1n) is 7.49. The van der Waals surface area contributed by atoms with Crippen LogP contribution in [0.4, 0.5) is 13.2 Å². The van der Waals surface area contributed by atoms with Gasteiger partial charge in [0.25, 0.3) is 0 Å². The number of hydrogen-bond donors (Lipinski definition) is 0. The number of nitrogens with zero attached hydrogens (tertiary/aromatic N) is 3. The van der Waals surface area contributed by atoms with Crippen LogP contribution in [0.1, 0.15) is 11.5 Å². The topological polar surface area (TPSA) is 68.3 Å². The van der Waals surface area contributed by atoms with Gasteiger partial charge in [-0.15, -0.1) is 0 Å². The Labute approximate surface area is 148 Å². The van der Waals surface area contributed by atoms with Gasteiger partial charge in [-0.25, -0.2) is 8.57 Å². The molecule has 0 aliphatic heterocycles. The summed E-state index contributed by atoms with van der Waals surface area (Å²) in [6, 6.07) is 15.4. The highest BCUT2D eigenvalue weighted by Gasteiger charge is 2.38. The highest BCUT2D eigenvalue weighted by Crippen LogP contribution is 2.29. The van der Waals surface area contributed by atoms with E-state index in [9.17, 15) is 17.4 Å². The van der Waals surface area contributed by atoms with Crippen LogP contribution < -0.4 is 0 Å². The van der Waals surface area contributed by atoms with Gasteiger partial charge in [0.15, 0.2) is 0 Å². The summed E-state index contributed by atoms with van der Waals surface area (Å²) in [5.41, 5.74) is 1.03. The van der Waals surface area contributed by atoms with Crippen molar-refractivity contribution >= 4 is 9.73 Å². The van der Waals surface area contributed by atoms with Gasteiger partial charge in [0.05, 0.1) is 16.3 Å². The van der Waals surface area contributed by atoms with Gasteiger partial charge in [-0.05, 0) is 23.8 Å². The average molecular weight is 381 g/mol. The number of aromatic nitrogens is 2. The third kappa shape index (κ3) is 4.10. The van der Waals surface area contributed by atoms with Gasteiger partial charge in [-0.2, -0.15) is 18.2 Å². The Hall–Kier alpha value is -2.68. The molecular weight excluding hydrogens is 367 g/mol. The molecule has 1 unspecified atom stereocenters. The summed E-state index contributed by atoms with van der Waals surface area (Å²) >= 11 is 0. The lowest BCUT2D eigenvalue weighted by Crippen LogP contribution is -2.04. The Morgan fingerprint density at radius 1 is 1.12 bits per heavy atom. The second-order valence-corrected chi connectivity index (χ2v) is 7.86. The molecule has 0 bridgehead atoms. The summed E-state index contributed by atoms with van der Waals surface area (Å²) in [6.07, 6.45) is -3.15. The lowest BCUT2D eigenvalue weighted by molar-refractivity contribution is -0.159. The van der Waals surface area contributed by atoms with E-state index in [0.717, 1.165) is 0 Å². The quantitative estimate of drug-likeness (QED) is 0.671. The van der Waals surface area contributed by atoms with Crippen molar-refractivity contribution < 1.29 is 21.9 Å². The smallest absolute Gasteiger partial charge is 0.329 e. The van der Waals surface area contributed by atoms with Gasteiger partial charge in [0, 0.05) is 16.7 Å². The molecule has 1 heterocycles. The third-order valence-electron chi connectivity index (χ3n) is 3.53. The van der Waals surface area contributed by atoms with E-state index in [-0.39, 0.29) is 12.4 Å². The number of alkyl halides is 3. The molecule has 0 aliphatic rings. The van der Waals surface area contributed by atoms with Crippen LogP contribution in [0.5, 0.6) is 0 Å². The average Bonchev–Trinajstić information content (AvgIpc) is 3.12. The van der Waals surface area contributed by atoms with Crippen LogP contribution in [0.15, 0.2) is 68.4 Å². The standard InChI is InChI=1S/C17H14F3N3O2S/c1-26(24,14-8-3-2-4-9-14)21-11-12-6-5-7-13(10-12)15-22-16(25-23-15)17(18,19)20/h2-10H,11H2,1H3. The van der Waals surface area contributed by atoms with Crippen LogP contribution in [0, 0.1) is 0 Å². The Balaban J connectivity index is 1.85. The number of rotatable bonds is 4. The second kappa shape index (κ2) is 6.91. The van der Waals surface area contributed by atoms with Crippen molar-refractivity contribution in [3.05, 3.63) is 66.1 Å². The van der Waals surface area contributed by atoms with E-state index in [2.05, 4.69) is 19.0 Å². The van der Waals surface area contributed by atoms with Crippen LogP contribution in [0.2, 0.25) is 0 Å². The van der Waals surface area contributed by atoms with Crippen LogP contribution in [0.3, 0.4) is 0 Å². The zero-order valence-electron chi connectivity index (χ0n) is 13.6. The van der Waals surface area contributed by atoms with Crippen LogP contribution in [-0.4, -0.2) is 20.6 Å². The molecule has 0 aliphatic carbocycles. The van der Waals surface area contributed by atoms with Gasteiger partial charge in [0.1, 0.15) is 0 Å². The lowest BCUT2D eigenvalue weighted by Gasteiger charge is -2.05. The fourth-order valence-electron chi connectivity index (χ4n) is 2.21. The molecule has 26 heavy (non-hydrogen) atoms. The molecule has 0 saturated heterocycles. The maximum Gasteiger partial charge on any atom is 0.471 e. The van der Waals surface area contributed by atoms with Crippen LogP contribution in [0.25, 0.3) is 11.4 Å². The number of halogens is 3. The van der Waals surface area contributed by atoms with E-state index < -0.39 is 21.8 Å². The first-order valence-corrected chi connectivity index (χ1v) is 9.41. The van der Waals surface area contributed by atoms with E-state index in [4.69, 9.17) is 0 Å². The van der Waals surface area contributed by atoms with E-state index in [1.807, 2.05) is 6.07 Å². The first kappa shape index (κ1) is 18.1. The van der Waals surface area contributed by atoms with Gasteiger partial charge in [-0.1, -0.05) is 41.6 Å². The Kier molecular flexibility index (Phi) is 4.82. The van der Waals surface area contributed by atoms with Crippen molar-refractivity contribution in [3.8, 4) is 11.4 Å². The molecule has 2 aromatic carbocycles. The molecule has 3 aromatic rings. The predicted molar refractivity (Wildman–Crippen MR) is 89.6 cm³/mol. The summed E-state index contributed by atoms with van der Waals surface area (Å²) < 4.78 is 58.9. The van der Waals surface area contributed by atoms with Crippen molar-refractivity contribution in [1.29, 1.82) is 0 Å². The van der Waals surface area contributed by atoms with Crippen molar-refractivity contribution in [1.82, 2.24) is 10.1 Å². The van der Waals surface area contributed by atoms with E-state index in [0.29, 0.717) is 16.0 Å². The van der Waals surface area contributed by atoms with Gasteiger partial charge < -0.3 is 4.52 Å². The first-order chi connectivity index (χ1) is 12.3. The summed E-state index contributed by atoms with van der Waals surface area (Å²) in [5.74, 6) is -1.57. The molecule has 3 rings (SSSR count). The number of benzene rings is 2. The van der Waals surface area contributed by atoms with Gasteiger partial charge in [0.2, 0.25) is 5.82 Å². The highest BCUT2D eigenvalue weighted by atomic mass is 32.2. The lowest BCUT2D eigenvalue weighted by atomic mass is 10.1. The Bertz CT molecular complexity index is 1020. The molecule has 136 valence electrons.